The van der Waals surface area contributed by atoms with Gasteiger partial charge >= 0.3 is 0 Å². The largest absolute Gasteiger partial charge is 0.394 e. The van der Waals surface area contributed by atoms with E-state index in [1.165, 1.54) is 62.5 Å². The molecule has 2 nitrogen and oxygen atoms in total. The number of unbranched alkanes of at least 4 members (excludes halogenated alkanes) is 5. The number of rotatable bonds is 10. The summed E-state index contributed by atoms with van der Waals surface area (Å²) >= 11 is 0. The standard InChI is InChI=1S/C22H37NO/c1-2-3-4-5-6-7-10-19-12-14-20(15-13-19)17-21-11-8-9-16-22(21,23)18-24/h12-15,21,24H,2-11,16-18,23H2,1H3/t21-,22-/m1/s1. The number of aliphatic hydroxyl groups is 1. The fourth-order valence-electron chi connectivity index (χ4n) is 4.09. The molecule has 2 rings (SSSR count). The van der Waals surface area contributed by atoms with Gasteiger partial charge in [0, 0.05) is 5.54 Å². The molecule has 0 radical (unpaired) electrons. The molecule has 1 aromatic carbocycles. The monoisotopic (exact) mass is 331 g/mol. The second-order valence-corrected chi connectivity index (χ2v) is 7.87. The predicted molar refractivity (Wildman–Crippen MR) is 103 cm³/mol. The van der Waals surface area contributed by atoms with Crippen LogP contribution in [0, 0.1) is 5.92 Å². The van der Waals surface area contributed by atoms with E-state index in [0.717, 1.165) is 25.7 Å². The van der Waals surface area contributed by atoms with Crippen molar-refractivity contribution >= 4 is 0 Å². The van der Waals surface area contributed by atoms with Crippen LogP contribution in [0.15, 0.2) is 24.3 Å². The van der Waals surface area contributed by atoms with Crippen LogP contribution in [0.4, 0.5) is 0 Å². The molecule has 0 aromatic heterocycles. The predicted octanol–water partition coefficient (Wildman–Crippen LogP) is 5.01. The maximum Gasteiger partial charge on any atom is 0.0614 e. The minimum atomic E-state index is -0.366. The molecule has 0 bridgehead atoms. The average molecular weight is 332 g/mol. The van der Waals surface area contributed by atoms with Crippen molar-refractivity contribution in [2.75, 3.05) is 6.61 Å². The Balaban J connectivity index is 1.77. The van der Waals surface area contributed by atoms with Crippen LogP contribution in [-0.4, -0.2) is 17.3 Å². The number of benzene rings is 1. The number of nitrogens with two attached hydrogens (primary N) is 1. The smallest absolute Gasteiger partial charge is 0.0614 e. The Hall–Kier alpha value is -0.860. The molecule has 0 aliphatic heterocycles. The van der Waals surface area contributed by atoms with Gasteiger partial charge in [-0.2, -0.15) is 0 Å². The topological polar surface area (TPSA) is 46.2 Å². The molecule has 1 aromatic rings. The molecule has 0 saturated heterocycles. The summed E-state index contributed by atoms with van der Waals surface area (Å²) in [5.41, 5.74) is 8.91. The van der Waals surface area contributed by atoms with Crippen molar-refractivity contribution in [3.63, 3.8) is 0 Å². The van der Waals surface area contributed by atoms with E-state index in [1.807, 2.05) is 0 Å². The Labute approximate surface area is 148 Å². The third-order valence-electron chi connectivity index (χ3n) is 5.88. The van der Waals surface area contributed by atoms with Gasteiger partial charge in [0.2, 0.25) is 0 Å². The van der Waals surface area contributed by atoms with Crippen molar-refractivity contribution in [3.8, 4) is 0 Å². The van der Waals surface area contributed by atoms with Gasteiger partial charge in [-0.15, -0.1) is 0 Å². The Morgan fingerprint density at radius 2 is 1.67 bits per heavy atom. The van der Waals surface area contributed by atoms with E-state index in [9.17, 15) is 5.11 Å². The van der Waals surface area contributed by atoms with E-state index >= 15 is 0 Å². The van der Waals surface area contributed by atoms with Gasteiger partial charge in [-0.05, 0) is 49.1 Å². The minimum absolute atomic E-state index is 0.119. The lowest BCUT2D eigenvalue weighted by Gasteiger charge is -2.40. The Kier molecular flexibility index (Phi) is 8.28. The summed E-state index contributed by atoms with van der Waals surface area (Å²) in [6, 6.07) is 9.14. The molecule has 0 amide bonds. The molecule has 0 heterocycles. The maximum atomic E-state index is 9.69. The summed E-state index contributed by atoms with van der Waals surface area (Å²) in [6.07, 6.45) is 14.9. The van der Waals surface area contributed by atoms with Gasteiger partial charge in [-0.25, -0.2) is 0 Å². The molecule has 1 fully saturated rings. The van der Waals surface area contributed by atoms with Crippen LogP contribution in [0.2, 0.25) is 0 Å². The van der Waals surface area contributed by atoms with Gasteiger partial charge in [-0.3, -0.25) is 0 Å². The van der Waals surface area contributed by atoms with Crippen molar-refractivity contribution in [2.45, 2.75) is 89.5 Å². The first kappa shape index (κ1) is 19.5. The summed E-state index contributed by atoms with van der Waals surface area (Å²) in [6.45, 7) is 2.39. The zero-order valence-corrected chi connectivity index (χ0v) is 15.6. The fourth-order valence-corrected chi connectivity index (χ4v) is 4.09. The van der Waals surface area contributed by atoms with Crippen LogP contribution in [0.5, 0.6) is 0 Å². The third-order valence-corrected chi connectivity index (χ3v) is 5.88. The molecular formula is C22H37NO. The highest BCUT2D eigenvalue weighted by Crippen LogP contribution is 2.34. The lowest BCUT2D eigenvalue weighted by molar-refractivity contribution is 0.100. The zero-order valence-electron chi connectivity index (χ0n) is 15.6. The lowest BCUT2D eigenvalue weighted by atomic mass is 9.71. The van der Waals surface area contributed by atoms with Crippen molar-refractivity contribution in [1.29, 1.82) is 0 Å². The van der Waals surface area contributed by atoms with E-state index in [-0.39, 0.29) is 12.1 Å². The van der Waals surface area contributed by atoms with E-state index in [0.29, 0.717) is 5.92 Å². The van der Waals surface area contributed by atoms with Crippen LogP contribution in [0.25, 0.3) is 0 Å². The van der Waals surface area contributed by atoms with Crippen LogP contribution in [0.3, 0.4) is 0 Å². The molecule has 2 atom stereocenters. The molecular weight excluding hydrogens is 294 g/mol. The SMILES string of the molecule is CCCCCCCCc1ccc(C[C@H]2CCCC[C@@]2(N)CO)cc1. The lowest BCUT2D eigenvalue weighted by Crippen LogP contribution is -2.53. The van der Waals surface area contributed by atoms with Gasteiger partial charge in [0.05, 0.1) is 6.61 Å². The molecule has 1 aliphatic carbocycles. The summed E-state index contributed by atoms with van der Waals surface area (Å²) in [7, 11) is 0. The molecule has 3 N–H and O–H groups in total. The second kappa shape index (κ2) is 10.2. The summed E-state index contributed by atoms with van der Waals surface area (Å²) in [5, 5.41) is 9.69. The first-order chi connectivity index (χ1) is 11.7. The zero-order chi connectivity index (χ0) is 17.3. The second-order valence-electron chi connectivity index (χ2n) is 7.87. The highest BCUT2D eigenvalue weighted by molar-refractivity contribution is 5.23. The normalized spacial score (nSPS) is 24.2. The van der Waals surface area contributed by atoms with Gasteiger partial charge < -0.3 is 10.8 Å². The molecule has 1 aliphatic rings. The first-order valence-electron chi connectivity index (χ1n) is 10.2. The molecule has 0 spiro atoms. The highest BCUT2D eigenvalue weighted by atomic mass is 16.3. The van der Waals surface area contributed by atoms with E-state index < -0.39 is 0 Å². The van der Waals surface area contributed by atoms with Gasteiger partial charge in [0.15, 0.2) is 0 Å². The van der Waals surface area contributed by atoms with E-state index in [4.69, 9.17) is 5.73 Å². The number of aryl methyl sites for hydroxylation is 1. The van der Waals surface area contributed by atoms with E-state index in [2.05, 4.69) is 31.2 Å². The first-order valence-corrected chi connectivity index (χ1v) is 10.2. The number of hydrogen-bond donors (Lipinski definition) is 2. The quantitative estimate of drug-likeness (QED) is 0.592. The van der Waals surface area contributed by atoms with Crippen molar-refractivity contribution < 1.29 is 5.11 Å². The van der Waals surface area contributed by atoms with Gasteiger partial charge in [0.25, 0.3) is 0 Å². The van der Waals surface area contributed by atoms with Gasteiger partial charge in [0.1, 0.15) is 0 Å². The molecule has 24 heavy (non-hydrogen) atoms. The number of hydrogen-bond acceptors (Lipinski definition) is 2. The van der Waals surface area contributed by atoms with Crippen molar-refractivity contribution in [3.05, 3.63) is 35.4 Å². The van der Waals surface area contributed by atoms with Crippen LogP contribution < -0.4 is 5.73 Å². The van der Waals surface area contributed by atoms with Crippen LogP contribution >= 0.6 is 0 Å². The fraction of sp³-hybridized carbons (Fsp3) is 0.727. The van der Waals surface area contributed by atoms with E-state index in [1.54, 1.807) is 0 Å². The van der Waals surface area contributed by atoms with Crippen LogP contribution in [-0.2, 0) is 12.8 Å². The van der Waals surface area contributed by atoms with Gasteiger partial charge in [-0.1, -0.05) is 76.1 Å². The maximum absolute atomic E-state index is 9.69. The van der Waals surface area contributed by atoms with Crippen molar-refractivity contribution in [1.82, 2.24) is 0 Å². The molecule has 2 heteroatoms. The minimum Gasteiger partial charge on any atom is -0.394 e. The Morgan fingerprint density at radius 1 is 1.00 bits per heavy atom. The van der Waals surface area contributed by atoms with Crippen molar-refractivity contribution in [2.24, 2.45) is 11.7 Å². The summed E-state index contributed by atoms with van der Waals surface area (Å²) < 4.78 is 0. The highest BCUT2D eigenvalue weighted by Gasteiger charge is 2.36. The summed E-state index contributed by atoms with van der Waals surface area (Å²) in [5.74, 6) is 0.417. The third kappa shape index (κ3) is 5.89. The average Bonchev–Trinajstić information content (AvgIpc) is 2.61. The molecule has 0 unspecified atom stereocenters. The summed E-state index contributed by atoms with van der Waals surface area (Å²) in [4.78, 5) is 0. The number of aliphatic hydroxyl groups excluding tert-OH is 1. The molecule has 1 saturated carbocycles. The Morgan fingerprint density at radius 3 is 2.38 bits per heavy atom. The Bertz CT molecular complexity index is 456. The van der Waals surface area contributed by atoms with Crippen LogP contribution in [0.1, 0.15) is 82.3 Å². The molecule has 136 valence electrons.